The Kier molecular flexibility index (Phi) is 3.99. The van der Waals surface area contributed by atoms with Crippen LogP contribution in [0.2, 0.25) is 0 Å². The van der Waals surface area contributed by atoms with Gasteiger partial charge in [-0.15, -0.1) is 11.3 Å². The SMILES string of the molecule is N/C(=N\c1cccc(N2CCNCC2)c1)c1cccs1. The first-order valence-electron chi connectivity index (χ1n) is 6.77. The molecule has 0 unspecified atom stereocenters. The van der Waals surface area contributed by atoms with Gasteiger partial charge in [0.25, 0.3) is 0 Å². The van der Waals surface area contributed by atoms with Crippen molar-refractivity contribution >= 4 is 28.5 Å². The van der Waals surface area contributed by atoms with Gasteiger partial charge in [-0.1, -0.05) is 12.1 Å². The van der Waals surface area contributed by atoms with E-state index in [2.05, 4.69) is 27.3 Å². The summed E-state index contributed by atoms with van der Waals surface area (Å²) in [5.74, 6) is 0.581. The van der Waals surface area contributed by atoms with Crippen molar-refractivity contribution in [2.75, 3.05) is 31.1 Å². The molecule has 5 heteroatoms. The lowest BCUT2D eigenvalue weighted by Gasteiger charge is -2.29. The summed E-state index contributed by atoms with van der Waals surface area (Å²) in [5, 5.41) is 5.37. The van der Waals surface area contributed by atoms with Gasteiger partial charge in [0, 0.05) is 31.9 Å². The molecule has 1 aromatic carbocycles. The van der Waals surface area contributed by atoms with Gasteiger partial charge in [-0.3, -0.25) is 0 Å². The smallest absolute Gasteiger partial charge is 0.141 e. The summed E-state index contributed by atoms with van der Waals surface area (Å²) < 4.78 is 0. The van der Waals surface area contributed by atoms with Gasteiger partial charge in [-0.25, -0.2) is 4.99 Å². The highest BCUT2D eigenvalue weighted by Crippen LogP contribution is 2.22. The minimum atomic E-state index is 0.581. The second-order valence-electron chi connectivity index (χ2n) is 4.73. The molecule has 0 atom stereocenters. The highest BCUT2D eigenvalue weighted by Gasteiger charge is 2.10. The quantitative estimate of drug-likeness (QED) is 0.672. The Labute approximate surface area is 122 Å². The molecule has 0 saturated carbocycles. The van der Waals surface area contributed by atoms with Gasteiger partial charge in [-0.2, -0.15) is 0 Å². The summed E-state index contributed by atoms with van der Waals surface area (Å²) in [6.45, 7) is 4.14. The lowest BCUT2D eigenvalue weighted by molar-refractivity contribution is 0.589. The average Bonchev–Trinajstić information content (AvgIpc) is 3.03. The zero-order chi connectivity index (χ0) is 13.8. The predicted octanol–water partition coefficient (Wildman–Crippen LogP) is 2.19. The van der Waals surface area contributed by atoms with Crippen LogP contribution in [0.1, 0.15) is 4.88 Å². The van der Waals surface area contributed by atoms with E-state index in [-0.39, 0.29) is 0 Å². The van der Waals surface area contributed by atoms with Crippen molar-refractivity contribution in [3.05, 3.63) is 46.7 Å². The van der Waals surface area contributed by atoms with Crippen LogP contribution in [0.4, 0.5) is 11.4 Å². The van der Waals surface area contributed by atoms with Crippen LogP contribution in [-0.4, -0.2) is 32.0 Å². The third-order valence-electron chi connectivity index (χ3n) is 3.34. The Morgan fingerprint density at radius 2 is 2.05 bits per heavy atom. The topological polar surface area (TPSA) is 53.6 Å². The highest BCUT2D eigenvalue weighted by molar-refractivity contribution is 7.12. The molecule has 1 saturated heterocycles. The summed E-state index contributed by atoms with van der Waals surface area (Å²) in [6.07, 6.45) is 0. The molecule has 2 heterocycles. The fourth-order valence-corrected chi connectivity index (χ4v) is 2.93. The summed E-state index contributed by atoms with van der Waals surface area (Å²) >= 11 is 1.61. The predicted molar refractivity (Wildman–Crippen MR) is 86.2 cm³/mol. The van der Waals surface area contributed by atoms with Gasteiger partial charge in [0.2, 0.25) is 0 Å². The van der Waals surface area contributed by atoms with E-state index in [4.69, 9.17) is 5.73 Å². The van der Waals surface area contributed by atoms with E-state index in [0.29, 0.717) is 5.84 Å². The molecule has 4 nitrogen and oxygen atoms in total. The second kappa shape index (κ2) is 6.07. The molecule has 2 aromatic rings. The van der Waals surface area contributed by atoms with Crippen LogP contribution in [0.5, 0.6) is 0 Å². The number of nitrogens with two attached hydrogens (primary N) is 1. The van der Waals surface area contributed by atoms with Crippen LogP contribution in [0, 0.1) is 0 Å². The number of thiophene rings is 1. The molecule has 3 rings (SSSR count). The summed E-state index contributed by atoms with van der Waals surface area (Å²) in [5.41, 5.74) is 8.16. The normalized spacial score (nSPS) is 16.4. The molecule has 3 N–H and O–H groups in total. The number of rotatable bonds is 3. The number of anilines is 1. The molecule has 20 heavy (non-hydrogen) atoms. The van der Waals surface area contributed by atoms with Crippen molar-refractivity contribution in [1.82, 2.24) is 5.32 Å². The first-order valence-corrected chi connectivity index (χ1v) is 7.65. The second-order valence-corrected chi connectivity index (χ2v) is 5.68. The number of piperazine rings is 1. The van der Waals surface area contributed by atoms with Crippen LogP contribution >= 0.6 is 11.3 Å². The zero-order valence-corrected chi connectivity index (χ0v) is 12.1. The van der Waals surface area contributed by atoms with Crippen LogP contribution in [0.3, 0.4) is 0 Å². The highest BCUT2D eigenvalue weighted by atomic mass is 32.1. The van der Waals surface area contributed by atoms with Crippen LogP contribution in [0.15, 0.2) is 46.8 Å². The molecule has 0 bridgehead atoms. The minimum absolute atomic E-state index is 0.581. The number of amidine groups is 1. The maximum absolute atomic E-state index is 6.04. The van der Waals surface area contributed by atoms with E-state index in [1.54, 1.807) is 11.3 Å². The fraction of sp³-hybridized carbons (Fsp3) is 0.267. The monoisotopic (exact) mass is 286 g/mol. The molecule has 0 amide bonds. The van der Waals surface area contributed by atoms with Crippen LogP contribution in [-0.2, 0) is 0 Å². The van der Waals surface area contributed by atoms with Crippen molar-refractivity contribution in [2.24, 2.45) is 10.7 Å². The number of nitrogens with zero attached hydrogens (tertiary/aromatic N) is 2. The lowest BCUT2D eigenvalue weighted by Crippen LogP contribution is -2.43. The van der Waals surface area contributed by atoms with Crippen molar-refractivity contribution in [3.8, 4) is 0 Å². The Balaban J connectivity index is 1.82. The molecule has 1 aliphatic rings. The molecule has 1 aliphatic heterocycles. The maximum Gasteiger partial charge on any atom is 0.141 e. The van der Waals surface area contributed by atoms with E-state index in [0.717, 1.165) is 36.7 Å². The van der Waals surface area contributed by atoms with Crippen LogP contribution < -0.4 is 16.0 Å². The van der Waals surface area contributed by atoms with Gasteiger partial charge in [0.1, 0.15) is 5.84 Å². The first-order chi connectivity index (χ1) is 9.83. The molecule has 0 radical (unpaired) electrons. The van der Waals surface area contributed by atoms with Gasteiger partial charge in [0.05, 0.1) is 10.6 Å². The van der Waals surface area contributed by atoms with Gasteiger partial charge >= 0.3 is 0 Å². The number of hydrogen-bond donors (Lipinski definition) is 2. The first kappa shape index (κ1) is 13.1. The third-order valence-corrected chi connectivity index (χ3v) is 4.23. The summed E-state index contributed by atoms with van der Waals surface area (Å²) in [6, 6.07) is 12.2. The van der Waals surface area contributed by atoms with E-state index in [9.17, 15) is 0 Å². The Hall–Kier alpha value is -1.85. The lowest BCUT2D eigenvalue weighted by atomic mass is 10.2. The van der Waals surface area contributed by atoms with Crippen molar-refractivity contribution in [1.29, 1.82) is 0 Å². The number of nitrogens with one attached hydrogen (secondary N) is 1. The van der Waals surface area contributed by atoms with E-state index < -0.39 is 0 Å². The van der Waals surface area contributed by atoms with Crippen molar-refractivity contribution < 1.29 is 0 Å². The molecular weight excluding hydrogens is 268 g/mol. The minimum Gasteiger partial charge on any atom is -0.383 e. The standard InChI is InChI=1S/C15H18N4S/c16-15(14-5-2-10-20-14)18-12-3-1-4-13(11-12)19-8-6-17-7-9-19/h1-5,10-11,17H,6-9H2,(H2,16,18). The molecule has 1 aromatic heterocycles. The van der Waals surface area contributed by atoms with E-state index >= 15 is 0 Å². The number of benzene rings is 1. The van der Waals surface area contributed by atoms with E-state index in [1.165, 1.54) is 5.69 Å². The van der Waals surface area contributed by atoms with E-state index in [1.807, 2.05) is 29.6 Å². The molecule has 104 valence electrons. The molecule has 0 aliphatic carbocycles. The van der Waals surface area contributed by atoms with Gasteiger partial charge in [-0.05, 0) is 29.6 Å². The number of hydrogen-bond acceptors (Lipinski definition) is 4. The molecular formula is C15H18N4S. The Morgan fingerprint density at radius 1 is 1.20 bits per heavy atom. The molecule has 0 spiro atoms. The average molecular weight is 286 g/mol. The maximum atomic E-state index is 6.04. The summed E-state index contributed by atoms with van der Waals surface area (Å²) in [7, 11) is 0. The van der Waals surface area contributed by atoms with Gasteiger partial charge in [0.15, 0.2) is 0 Å². The fourth-order valence-electron chi connectivity index (χ4n) is 2.30. The van der Waals surface area contributed by atoms with Crippen molar-refractivity contribution in [2.45, 2.75) is 0 Å². The Morgan fingerprint density at radius 3 is 2.80 bits per heavy atom. The largest absolute Gasteiger partial charge is 0.383 e. The molecule has 1 fully saturated rings. The van der Waals surface area contributed by atoms with Crippen molar-refractivity contribution in [3.63, 3.8) is 0 Å². The Bertz CT molecular complexity index is 586. The third kappa shape index (κ3) is 3.00. The van der Waals surface area contributed by atoms with Crippen LogP contribution in [0.25, 0.3) is 0 Å². The number of aliphatic imine (C=N–C) groups is 1. The van der Waals surface area contributed by atoms with Gasteiger partial charge < -0.3 is 16.0 Å². The zero-order valence-electron chi connectivity index (χ0n) is 11.2. The summed E-state index contributed by atoms with van der Waals surface area (Å²) in [4.78, 5) is 7.90.